The summed E-state index contributed by atoms with van der Waals surface area (Å²) in [6, 6.07) is 5.40. The van der Waals surface area contributed by atoms with Gasteiger partial charge in [-0.1, -0.05) is 0 Å². The van der Waals surface area contributed by atoms with Crippen molar-refractivity contribution in [3.8, 4) is 0 Å². The van der Waals surface area contributed by atoms with Crippen LogP contribution in [0.25, 0.3) is 10.9 Å². The number of hydrogen-bond acceptors (Lipinski definition) is 6. The van der Waals surface area contributed by atoms with Crippen molar-refractivity contribution in [2.75, 3.05) is 10.6 Å². The Balaban J connectivity index is 1.63. The number of pyridine rings is 1. The topological polar surface area (TPSA) is 112 Å². The number of carbonyl (C=O) groups is 1. The van der Waals surface area contributed by atoms with Gasteiger partial charge in [0.2, 0.25) is 11.9 Å². The number of aromatic nitrogens is 3. The van der Waals surface area contributed by atoms with E-state index in [4.69, 9.17) is 0 Å². The van der Waals surface area contributed by atoms with Crippen LogP contribution in [0.2, 0.25) is 0 Å². The SMILES string of the molecule is CC(=O)NC1CCC(Nc2nc(Nc3cc(C)cc(C(F)(F)F)c3)c3c(=O)[nH]ccc3n2)CC1. The van der Waals surface area contributed by atoms with Crippen LogP contribution in [0, 0.1) is 6.92 Å². The molecular formula is C23H25F3N6O2. The van der Waals surface area contributed by atoms with Gasteiger partial charge in [-0.05, 0) is 62.4 Å². The predicted octanol–water partition coefficient (Wildman–Crippen LogP) is 4.25. The average Bonchev–Trinajstić information content (AvgIpc) is 2.74. The lowest BCUT2D eigenvalue weighted by atomic mass is 9.91. The summed E-state index contributed by atoms with van der Waals surface area (Å²) >= 11 is 0. The molecule has 180 valence electrons. The minimum atomic E-state index is -4.50. The lowest BCUT2D eigenvalue weighted by Gasteiger charge is -2.29. The highest BCUT2D eigenvalue weighted by Crippen LogP contribution is 2.33. The summed E-state index contributed by atoms with van der Waals surface area (Å²) in [6.07, 6.45) is 0.140. The van der Waals surface area contributed by atoms with Crippen molar-refractivity contribution in [3.05, 3.63) is 51.9 Å². The van der Waals surface area contributed by atoms with Gasteiger partial charge in [0, 0.05) is 30.9 Å². The summed E-state index contributed by atoms with van der Waals surface area (Å²) in [4.78, 5) is 35.2. The van der Waals surface area contributed by atoms with E-state index < -0.39 is 17.3 Å². The standard InChI is InChI=1S/C23H25F3N6O2/c1-12-9-14(23(24,25)26)11-17(10-12)29-20-19-18(7-8-27-21(19)34)31-22(32-20)30-16-5-3-15(4-6-16)28-13(2)33/h7-11,15-16H,3-6H2,1-2H3,(H,27,34)(H,28,33)(H2,29,30,31,32). The van der Waals surface area contributed by atoms with Gasteiger partial charge in [-0.3, -0.25) is 9.59 Å². The molecule has 34 heavy (non-hydrogen) atoms. The summed E-state index contributed by atoms with van der Waals surface area (Å²) in [6.45, 7) is 3.06. The number of nitrogens with one attached hydrogen (secondary N) is 4. The summed E-state index contributed by atoms with van der Waals surface area (Å²) in [5.74, 6) is 0.326. The maximum Gasteiger partial charge on any atom is 0.416 e. The molecule has 2 heterocycles. The van der Waals surface area contributed by atoms with E-state index in [2.05, 4.69) is 30.9 Å². The Morgan fingerprint density at radius 1 is 1.09 bits per heavy atom. The molecule has 0 saturated heterocycles. The Kier molecular flexibility index (Phi) is 6.45. The van der Waals surface area contributed by atoms with Crippen LogP contribution in [0.15, 0.2) is 35.3 Å². The van der Waals surface area contributed by atoms with Crippen molar-refractivity contribution >= 4 is 34.3 Å². The van der Waals surface area contributed by atoms with Crippen LogP contribution in [0.4, 0.5) is 30.6 Å². The molecule has 1 amide bonds. The normalized spacial score (nSPS) is 18.5. The van der Waals surface area contributed by atoms with Gasteiger partial charge in [-0.25, -0.2) is 4.98 Å². The fraction of sp³-hybridized carbons (Fsp3) is 0.391. The third kappa shape index (κ3) is 5.46. The quantitative estimate of drug-likeness (QED) is 0.440. The van der Waals surface area contributed by atoms with E-state index in [0.717, 1.165) is 37.8 Å². The van der Waals surface area contributed by atoms with Crippen LogP contribution in [-0.4, -0.2) is 32.9 Å². The molecule has 0 aliphatic heterocycles. The van der Waals surface area contributed by atoms with Crippen LogP contribution in [-0.2, 0) is 11.0 Å². The van der Waals surface area contributed by atoms with E-state index in [-0.39, 0.29) is 40.8 Å². The monoisotopic (exact) mass is 474 g/mol. The number of aryl methyl sites for hydroxylation is 1. The Morgan fingerprint density at radius 2 is 1.79 bits per heavy atom. The van der Waals surface area contributed by atoms with Gasteiger partial charge >= 0.3 is 6.18 Å². The molecule has 8 nitrogen and oxygen atoms in total. The molecule has 2 aromatic heterocycles. The second-order valence-corrected chi connectivity index (χ2v) is 8.57. The summed E-state index contributed by atoms with van der Waals surface area (Å²) in [5.41, 5.74) is -0.307. The van der Waals surface area contributed by atoms with Crippen LogP contribution >= 0.6 is 0 Å². The van der Waals surface area contributed by atoms with E-state index in [1.54, 1.807) is 19.1 Å². The number of H-pyrrole nitrogens is 1. The highest BCUT2D eigenvalue weighted by Gasteiger charge is 2.31. The Bertz CT molecular complexity index is 1270. The van der Waals surface area contributed by atoms with E-state index in [9.17, 15) is 22.8 Å². The first-order valence-corrected chi connectivity index (χ1v) is 11.0. The first-order valence-electron chi connectivity index (χ1n) is 11.0. The molecule has 4 rings (SSSR count). The smallest absolute Gasteiger partial charge is 0.354 e. The zero-order chi connectivity index (χ0) is 24.5. The largest absolute Gasteiger partial charge is 0.416 e. The third-order valence-electron chi connectivity index (χ3n) is 5.75. The van der Waals surface area contributed by atoms with Crippen LogP contribution in [0.1, 0.15) is 43.7 Å². The molecule has 0 atom stereocenters. The molecule has 0 spiro atoms. The number of rotatable bonds is 5. The minimum absolute atomic E-state index is 0.0555. The highest BCUT2D eigenvalue weighted by molar-refractivity contribution is 5.91. The first-order chi connectivity index (χ1) is 16.1. The van der Waals surface area contributed by atoms with E-state index in [1.165, 1.54) is 13.1 Å². The molecule has 1 fully saturated rings. The molecule has 3 aromatic rings. The summed E-state index contributed by atoms with van der Waals surface area (Å²) in [7, 11) is 0. The highest BCUT2D eigenvalue weighted by atomic mass is 19.4. The van der Waals surface area contributed by atoms with Crippen LogP contribution in [0.5, 0.6) is 0 Å². The van der Waals surface area contributed by atoms with Gasteiger partial charge in [-0.15, -0.1) is 0 Å². The molecule has 0 unspecified atom stereocenters. The molecule has 1 aliphatic rings. The molecule has 0 radical (unpaired) electrons. The Morgan fingerprint density at radius 3 is 2.47 bits per heavy atom. The number of benzene rings is 1. The molecule has 1 saturated carbocycles. The number of hydrogen-bond donors (Lipinski definition) is 4. The molecular weight excluding hydrogens is 449 g/mol. The second kappa shape index (κ2) is 9.32. The van der Waals surface area contributed by atoms with Crippen molar-refractivity contribution in [1.82, 2.24) is 20.3 Å². The van der Waals surface area contributed by atoms with Crippen molar-refractivity contribution in [2.24, 2.45) is 0 Å². The van der Waals surface area contributed by atoms with Crippen molar-refractivity contribution in [2.45, 2.75) is 57.8 Å². The lowest BCUT2D eigenvalue weighted by molar-refractivity contribution is -0.137. The Hall–Kier alpha value is -3.63. The molecule has 1 aromatic carbocycles. The van der Waals surface area contributed by atoms with E-state index >= 15 is 0 Å². The number of halogens is 3. The third-order valence-corrected chi connectivity index (χ3v) is 5.75. The fourth-order valence-corrected chi connectivity index (χ4v) is 4.25. The number of carbonyl (C=O) groups excluding carboxylic acids is 1. The second-order valence-electron chi connectivity index (χ2n) is 8.57. The van der Waals surface area contributed by atoms with Gasteiger partial charge < -0.3 is 20.9 Å². The number of alkyl halides is 3. The van der Waals surface area contributed by atoms with Gasteiger partial charge in [0.1, 0.15) is 11.2 Å². The van der Waals surface area contributed by atoms with Crippen molar-refractivity contribution in [3.63, 3.8) is 0 Å². The predicted molar refractivity (Wildman–Crippen MR) is 123 cm³/mol. The van der Waals surface area contributed by atoms with Crippen LogP contribution < -0.4 is 21.5 Å². The molecule has 0 bridgehead atoms. The number of fused-ring (bicyclic) bond motifs is 1. The fourth-order valence-electron chi connectivity index (χ4n) is 4.25. The van der Waals surface area contributed by atoms with Crippen molar-refractivity contribution in [1.29, 1.82) is 0 Å². The Labute approximate surface area is 193 Å². The van der Waals surface area contributed by atoms with Gasteiger partial charge in [0.25, 0.3) is 5.56 Å². The maximum absolute atomic E-state index is 13.3. The average molecular weight is 474 g/mol. The van der Waals surface area contributed by atoms with Crippen LogP contribution in [0.3, 0.4) is 0 Å². The number of anilines is 3. The van der Waals surface area contributed by atoms with Crippen molar-refractivity contribution < 1.29 is 18.0 Å². The van der Waals surface area contributed by atoms with Gasteiger partial charge in [-0.2, -0.15) is 18.2 Å². The zero-order valence-corrected chi connectivity index (χ0v) is 18.7. The summed E-state index contributed by atoms with van der Waals surface area (Å²) < 4.78 is 39.9. The van der Waals surface area contributed by atoms with E-state index in [1.807, 2.05) is 0 Å². The lowest BCUT2D eigenvalue weighted by Crippen LogP contribution is -2.39. The number of amides is 1. The number of aromatic amines is 1. The van der Waals surface area contributed by atoms with Gasteiger partial charge in [0.15, 0.2) is 0 Å². The molecule has 1 aliphatic carbocycles. The zero-order valence-electron chi connectivity index (χ0n) is 18.7. The molecule has 4 N–H and O–H groups in total. The molecule has 11 heteroatoms. The number of nitrogens with zero attached hydrogens (tertiary/aromatic N) is 2. The summed E-state index contributed by atoms with van der Waals surface area (Å²) in [5, 5.41) is 9.24. The maximum atomic E-state index is 13.3. The first kappa shape index (κ1) is 23.5. The van der Waals surface area contributed by atoms with E-state index in [0.29, 0.717) is 11.1 Å². The minimum Gasteiger partial charge on any atom is -0.354 e. The van der Waals surface area contributed by atoms with Gasteiger partial charge in [0.05, 0.1) is 11.1 Å².